The molecule has 0 spiro atoms. The van der Waals surface area contributed by atoms with Crippen LogP contribution in [0.25, 0.3) is 5.57 Å². The number of carbonyl (C=O) groups is 4. The number of carboxylic acid groups (broad SMARTS) is 1. The van der Waals surface area contributed by atoms with Gasteiger partial charge in [0.2, 0.25) is 5.91 Å². The summed E-state index contributed by atoms with van der Waals surface area (Å²) in [5, 5.41) is 8.76. The zero-order valence-corrected chi connectivity index (χ0v) is 17.2. The fraction of sp³-hybridized carbons (Fsp3) is 0.235. The first-order valence-corrected chi connectivity index (χ1v) is 9.89. The third-order valence-corrected chi connectivity index (χ3v) is 5.99. The first-order valence-electron chi connectivity index (χ1n) is 7.87. The van der Waals surface area contributed by atoms with Gasteiger partial charge in [-0.1, -0.05) is 39.9 Å². The molecule has 0 saturated carbocycles. The largest absolute Gasteiger partial charge is 0.481 e. The van der Waals surface area contributed by atoms with E-state index in [1.54, 1.807) is 18.2 Å². The molecule has 140 valence electrons. The summed E-state index contributed by atoms with van der Waals surface area (Å²) in [5.41, 5.74) is 1.04. The second-order valence-corrected chi connectivity index (χ2v) is 8.41. The van der Waals surface area contributed by atoms with Gasteiger partial charge in [-0.25, -0.2) is 4.90 Å². The Kier molecular flexibility index (Phi) is 5.50. The van der Waals surface area contributed by atoms with E-state index in [1.807, 2.05) is 0 Å². The zero-order chi connectivity index (χ0) is 19.9. The van der Waals surface area contributed by atoms with Crippen LogP contribution in [0, 0.1) is 0 Å². The summed E-state index contributed by atoms with van der Waals surface area (Å²) in [6.45, 7) is 1.44. The van der Waals surface area contributed by atoms with E-state index in [1.165, 1.54) is 11.8 Å². The molecular weight excluding hydrogens is 456 g/mol. The van der Waals surface area contributed by atoms with Crippen LogP contribution < -0.4 is 4.90 Å². The molecule has 2 aliphatic heterocycles. The SMILES string of the molecule is CC(=O)N1C(=O)/C(=C2\SC(=S)N(CCCC(=O)O)C2=O)c2cc(Br)ccc21. The van der Waals surface area contributed by atoms with E-state index in [9.17, 15) is 19.2 Å². The van der Waals surface area contributed by atoms with E-state index in [4.69, 9.17) is 17.3 Å². The minimum Gasteiger partial charge on any atom is -0.481 e. The smallest absolute Gasteiger partial charge is 0.303 e. The number of halogens is 1. The maximum absolute atomic E-state index is 12.9. The molecule has 2 heterocycles. The van der Waals surface area contributed by atoms with Gasteiger partial charge in [-0.15, -0.1) is 0 Å². The lowest BCUT2D eigenvalue weighted by Crippen LogP contribution is -2.32. The molecule has 3 amide bonds. The second kappa shape index (κ2) is 7.53. The Balaban J connectivity index is 2.03. The van der Waals surface area contributed by atoms with Crippen LogP contribution in [0.2, 0.25) is 0 Å². The van der Waals surface area contributed by atoms with Crippen molar-refractivity contribution in [3.63, 3.8) is 0 Å². The number of imide groups is 1. The number of thioether (sulfide) groups is 1. The van der Waals surface area contributed by atoms with E-state index >= 15 is 0 Å². The highest BCUT2D eigenvalue weighted by atomic mass is 79.9. The molecule has 1 aromatic carbocycles. The zero-order valence-electron chi connectivity index (χ0n) is 14.0. The molecule has 0 atom stereocenters. The molecule has 0 radical (unpaired) electrons. The van der Waals surface area contributed by atoms with Gasteiger partial charge in [0.05, 0.1) is 16.2 Å². The van der Waals surface area contributed by atoms with Crippen molar-refractivity contribution in [1.82, 2.24) is 4.90 Å². The van der Waals surface area contributed by atoms with Crippen molar-refractivity contribution in [1.29, 1.82) is 0 Å². The number of benzene rings is 1. The highest BCUT2D eigenvalue weighted by Crippen LogP contribution is 2.45. The Morgan fingerprint density at radius 1 is 1.26 bits per heavy atom. The van der Waals surface area contributed by atoms with Crippen molar-refractivity contribution >= 4 is 79.2 Å². The molecule has 3 rings (SSSR count). The van der Waals surface area contributed by atoms with Crippen LogP contribution in [0.1, 0.15) is 25.3 Å². The highest BCUT2D eigenvalue weighted by Gasteiger charge is 2.43. The number of fused-ring (bicyclic) bond motifs is 1. The molecule has 0 aliphatic carbocycles. The number of aliphatic carboxylic acids is 1. The van der Waals surface area contributed by atoms with Crippen LogP contribution >= 0.6 is 39.9 Å². The van der Waals surface area contributed by atoms with Crippen molar-refractivity contribution in [3.8, 4) is 0 Å². The summed E-state index contributed by atoms with van der Waals surface area (Å²) in [4.78, 5) is 50.9. The minimum absolute atomic E-state index is 0.0875. The lowest BCUT2D eigenvalue weighted by Gasteiger charge is -2.13. The third kappa shape index (κ3) is 3.56. The molecular formula is C17H13BrN2O5S2. The van der Waals surface area contributed by atoms with E-state index in [0.29, 0.717) is 15.7 Å². The van der Waals surface area contributed by atoms with Crippen LogP contribution in [-0.4, -0.2) is 44.6 Å². The number of carboxylic acids is 1. The number of hydrogen-bond donors (Lipinski definition) is 1. The van der Waals surface area contributed by atoms with Crippen LogP contribution in [0.15, 0.2) is 27.6 Å². The summed E-state index contributed by atoms with van der Waals surface area (Å²) in [7, 11) is 0. The van der Waals surface area contributed by atoms with Gasteiger partial charge in [-0.05, 0) is 24.6 Å². The number of rotatable bonds is 4. The summed E-state index contributed by atoms with van der Waals surface area (Å²) in [6.07, 6.45) is 0.163. The van der Waals surface area contributed by atoms with E-state index in [2.05, 4.69) is 15.9 Å². The first kappa shape index (κ1) is 19.7. The number of thiocarbonyl (C=S) groups is 1. The van der Waals surface area contributed by atoms with Gasteiger partial charge in [-0.2, -0.15) is 0 Å². The number of hydrogen-bond acceptors (Lipinski definition) is 6. The van der Waals surface area contributed by atoms with Crippen molar-refractivity contribution in [2.24, 2.45) is 0 Å². The first-order chi connectivity index (χ1) is 12.7. The van der Waals surface area contributed by atoms with Gasteiger partial charge in [0, 0.05) is 29.9 Å². The topological polar surface area (TPSA) is 95.0 Å². The standard InChI is InChI=1S/C17H13BrN2O5S2/c1-8(21)20-11-5-4-9(18)7-10(11)13(15(20)24)14-16(25)19(17(26)27-14)6-2-3-12(22)23/h4-5,7H,2-3,6H2,1H3,(H,22,23)/b14-13-. The summed E-state index contributed by atoms with van der Waals surface area (Å²) in [6, 6.07) is 5.03. The normalized spacial score (nSPS) is 19.1. The summed E-state index contributed by atoms with van der Waals surface area (Å²) >= 11 is 9.57. The third-order valence-electron chi connectivity index (χ3n) is 4.05. The van der Waals surface area contributed by atoms with Gasteiger partial charge in [-0.3, -0.25) is 24.1 Å². The minimum atomic E-state index is -0.958. The van der Waals surface area contributed by atoms with Gasteiger partial charge in [0.25, 0.3) is 11.8 Å². The summed E-state index contributed by atoms with van der Waals surface area (Å²) < 4.78 is 0.965. The Hall–Kier alpha value is -2.04. The molecule has 0 unspecified atom stereocenters. The Morgan fingerprint density at radius 3 is 2.59 bits per heavy atom. The lowest BCUT2D eigenvalue weighted by atomic mass is 10.1. The fourth-order valence-electron chi connectivity index (χ4n) is 2.90. The lowest BCUT2D eigenvalue weighted by molar-refractivity contribution is -0.137. The molecule has 27 heavy (non-hydrogen) atoms. The van der Waals surface area contributed by atoms with E-state index < -0.39 is 23.7 Å². The van der Waals surface area contributed by atoms with Crippen molar-refractivity contribution in [2.75, 3.05) is 11.4 Å². The molecule has 0 aromatic heterocycles. The maximum Gasteiger partial charge on any atom is 0.303 e. The van der Waals surface area contributed by atoms with Crippen LogP contribution in [-0.2, 0) is 19.2 Å². The van der Waals surface area contributed by atoms with Crippen molar-refractivity contribution < 1.29 is 24.3 Å². The summed E-state index contributed by atoms with van der Waals surface area (Å²) in [5.74, 6) is -2.42. The number of amides is 3. The predicted molar refractivity (Wildman–Crippen MR) is 108 cm³/mol. The molecule has 1 saturated heterocycles. The average molecular weight is 469 g/mol. The van der Waals surface area contributed by atoms with Crippen molar-refractivity contribution in [3.05, 3.63) is 33.1 Å². The molecule has 1 fully saturated rings. The van der Waals surface area contributed by atoms with Crippen LogP contribution in [0.4, 0.5) is 5.69 Å². The number of carbonyl (C=O) groups excluding carboxylic acids is 3. The fourth-order valence-corrected chi connectivity index (χ4v) is 4.64. The predicted octanol–water partition coefficient (Wildman–Crippen LogP) is 2.78. The number of anilines is 1. The van der Waals surface area contributed by atoms with Crippen LogP contribution in [0.3, 0.4) is 0 Å². The highest BCUT2D eigenvalue weighted by molar-refractivity contribution is 9.10. The molecule has 10 heteroatoms. The second-order valence-electron chi connectivity index (χ2n) is 5.85. The number of nitrogens with zero attached hydrogens (tertiary/aromatic N) is 2. The van der Waals surface area contributed by atoms with Crippen molar-refractivity contribution in [2.45, 2.75) is 19.8 Å². The molecule has 1 aromatic rings. The average Bonchev–Trinajstić information content (AvgIpc) is 3.01. The quantitative estimate of drug-likeness (QED) is 0.535. The van der Waals surface area contributed by atoms with Gasteiger partial charge in [0.15, 0.2) is 0 Å². The molecule has 2 aliphatic rings. The van der Waals surface area contributed by atoms with Gasteiger partial charge >= 0.3 is 5.97 Å². The van der Waals surface area contributed by atoms with E-state index in [-0.39, 0.29) is 34.2 Å². The molecule has 0 bridgehead atoms. The maximum atomic E-state index is 12.9. The Morgan fingerprint density at radius 2 is 1.96 bits per heavy atom. The monoisotopic (exact) mass is 468 g/mol. The molecule has 1 N–H and O–H groups in total. The van der Waals surface area contributed by atoms with E-state index in [0.717, 1.165) is 16.7 Å². The van der Waals surface area contributed by atoms with Gasteiger partial charge < -0.3 is 5.11 Å². The van der Waals surface area contributed by atoms with Gasteiger partial charge in [0.1, 0.15) is 4.32 Å². The molecule has 7 nitrogen and oxygen atoms in total. The Labute approximate surface area is 172 Å². The van der Waals surface area contributed by atoms with Crippen LogP contribution in [0.5, 0.6) is 0 Å². The Bertz CT molecular complexity index is 943.